The number of ether oxygens (including phenoxy) is 1. The molecule has 0 aromatic rings. The summed E-state index contributed by atoms with van der Waals surface area (Å²) in [4.78, 5) is 2.32. The zero-order valence-electron chi connectivity index (χ0n) is 9.75. The van der Waals surface area contributed by atoms with E-state index in [1.165, 1.54) is 12.8 Å². The zero-order chi connectivity index (χ0) is 10.4. The second-order valence-corrected chi connectivity index (χ2v) is 4.45. The fourth-order valence-electron chi connectivity index (χ4n) is 1.30. The monoisotopic (exact) mass is 200 g/mol. The second-order valence-electron chi connectivity index (χ2n) is 4.45. The maximum atomic E-state index is 5.49. The minimum atomic E-state index is 0.355. The smallest absolute Gasteiger partial charge is 0.0596 e. The van der Waals surface area contributed by atoms with Gasteiger partial charge in [0.15, 0.2) is 0 Å². The molecule has 0 bridgehead atoms. The van der Waals surface area contributed by atoms with Gasteiger partial charge in [-0.15, -0.1) is 0 Å². The molecule has 0 atom stereocenters. The molecule has 0 aromatic heterocycles. The quantitative estimate of drug-likeness (QED) is 0.635. The van der Waals surface area contributed by atoms with Crippen LogP contribution in [0.1, 0.15) is 26.7 Å². The molecule has 0 amide bonds. The number of nitrogens with one attached hydrogen (secondary N) is 1. The van der Waals surface area contributed by atoms with E-state index in [2.05, 4.69) is 31.1 Å². The van der Waals surface area contributed by atoms with Crippen molar-refractivity contribution in [1.29, 1.82) is 0 Å². The predicted octanol–water partition coefficient (Wildman–Crippen LogP) is 1.10. The molecule has 1 rings (SSSR count). The lowest BCUT2D eigenvalue weighted by molar-refractivity contribution is 0.0640. The molecule has 0 saturated heterocycles. The molecule has 14 heavy (non-hydrogen) atoms. The average molecular weight is 200 g/mol. The van der Waals surface area contributed by atoms with Crippen molar-refractivity contribution in [2.24, 2.45) is 0 Å². The van der Waals surface area contributed by atoms with Crippen LogP contribution in [-0.2, 0) is 4.74 Å². The van der Waals surface area contributed by atoms with Gasteiger partial charge in [0.05, 0.1) is 12.7 Å². The van der Waals surface area contributed by atoms with E-state index in [1.807, 2.05) is 0 Å². The Hall–Kier alpha value is -0.120. The Bertz CT molecular complexity index is 138. The van der Waals surface area contributed by atoms with Crippen LogP contribution in [0.2, 0.25) is 0 Å². The van der Waals surface area contributed by atoms with Gasteiger partial charge in [-0.2, -0.15) is 0 Å². The molecule has 0 unspecified atom stereocenters. The number of likely N-dealkylation sites (N-methyl/N-ethyl adjacent to an activating group) is 1. The van der Waals surface area contributed by atoms with Crippen LogP contribution < -0.4 is 5.32 Å². The minimum Gasteiger partial charge on any atom is -0.377 e. The van der Waals surface area contributed by atoms with Crippen LogP contribution >= 0.6 is 0 Å². The lowest BCUT2D eigenvalue weighted by atomic mass is 10.4. The highest BCUT2D eigenvalue weighted by molar-refractivity contribution is 4.80. The van der Waals surface area contributed by atoms with Crippen LogP contribution in [0.5, 0.6) is 0 Å². The van der Waals surface area contributed by atoms with Crippen molar-refractivity contribution >= 4 is 0 Å². The Kier molecular flexibility index (Phi) is 5.45. The number of rotatable bonds is 8. The third-order valence-corrected chi connectivity index (χ3v) is 2.43. The van der Waals surface area contributed by atoms with Gasteiger partial charge in [-0.05, 0) is 33.7 Å². The predicted molar refractivity (Wildman–Crippen MR) is 59.6 cm³/mol. The Morgan fingerprint density at radius 3 is 2.64 bits per heavy atom. The van der Waals surface area contributed by atoms with Crippen molar-refractivity contribution in [3.8, 4) is 0 Å². The summed E-state index contributed by atoms with van der Waals surface area (Å²) in [6, 6.07) is 0.829. The molecule has 0 aliphatic heterocycles. The van der Waals surface area contributed by atoms with Gasteiger partial charge in [-0.1, -0.05) is 0 Å². The molecule has 1 aliphatic carbocycles. The average Bonchev–Trinajstić information content (AvgIpc) is 2.87. The lowest BCUT2D eigenvalue weighted by Gasteiger charge is -2.17. The van der Waals surface area contributed by atoms with Gasteiger partial charge in [-0.25, -0.2) is 0 Å². The first kappa shape index (κ1) is 12.0. The van der Waals surface area contributed by atoms with E-state index in [9.17, 15) is 0 Å². The van der Waals surface area contributed by atoms with Crippen LogP contribution in [0, 0.1) is 0 Å². The Labute approximate surface area is 87.8 Å². The van der Waals surface area contributed by atoms with Crippen molar-refractivity contribution in [3.05, 3.63) is 0 Å². The summed E-state index contributed by atoms with van der Waals surface area (Å²) in [5, 5.41) is 3.50. The zero-order valence-corrected chi connectivity index (χ0v) is 9.75. The molecule has 1 fully saturated rings. The molecule has 0 radical (unpaired) electrons. The third-order valence-electron chi connectivity index (χ3n) is 2.43. The maximum Gasteiger partial charge on any atom is 0.0596 e. The van der Waals surface area contributed by atoms with Gasteiger partial charge in [-0.3, -0.25) is 0 Å². The normalized spacial score (nSPS) is 16.9. The van der Waals surface area contributed by atoms with E-state index in [4.69, 9.17) is 4.74 Å². The van der Waals surface area contributed by atoms with E-state index in [0.717, 1.165) is 32.3 Å². The molecule has 84 valence electrons. The molecule has 1 N–H and O–H groups in total. The molecule has 3 nitrogen and oxygen atoms in total. The van der Waals surface area contributed by atoms with Crippen LogP contribution in [0.4, 0.5) is 0 Å². The van der Waals surface area contributed by atoms with Gasteiger partial charge in [0.1, 0.15) is 0 Å². The van der Waals surface area contributed by atoms with Crippen molar-refractivity contribution < 1.29 is 4.74 Å². The van der Waals surface area contributed by atoms with Crippen molar-refractivity contribution in [3.63, 3.8) is 0 Å². The molecule has 1 saturated carbocycles. The highest BCUT2D eigenvalue weighted by Crippen LogP contribution is 2.17. The van der Waals surface area contributed by atoms with E-state index in [0.29, 0.717) is 6.10 Å². The first-order valence-electron chi connectivity index (χ1n) is 5.72. The van der Waals surface area contributed by atoms with Gasteiger partial charge in [0, 0.05) is 25.7 Å². The highest BCUT2D eigenvalue weighted by atomic mass is 16.5. The molecular formula is C11H24N2O. The molecule has 0 aromatic carbocycles. The van der Waals surface area contributed by atoms with E-state index in [-0.39, 0.29) is 0 Å². The number of hydrogen-bond donors (Lipinski definition) is 1. The molecule has 0 spiro atoms. The van der Waals surface area contributed by atoms with Crippen LogP contribution in [0.3, 0.4) is 0 Å². The van der Waals surface area contributed by atoms with Gasteiger partial charge >= 0.3 is 0 Å². The fraction of sp³-hybridized carbons (Fsp3) is 1.00. The van der Waals surface area contributed by atoms with Gasteiger partial charge in [0.2, 0.25) is 0 Å². The van der Waals surface area contributed by atoms with Crippen molar-refractivity contribution in [2.75, 3.05) is 33.3 Å². The Morgan fingerprint density at radius 2 is 2.07 bits per heavy atom. The SMILES string of the molecule is CC(C)OCCN(C)CCNC1CC1. The summed E-state index contributed by atoms with van der Waals surface area (Å²) in [6.45, 7) is 8.27. The summed E-state index contributed by atoms with van der Waals surface area (Å²) < 4.78 is 5.49. The van der Waals surface area contributed by atoms with Gasteiger partial charge < -0.3 is 15.0 Å². The third kappa shape index (κ3) is 6.35. The van der Waals surface area contributed by atoms with E-state index in [1.54, 1.807) is 0 Å². The van der Waals surface area contributed by atoms with Gasteiger partial charge in [0.25, 0.3) is 0 Å². The number of nitrogens with zero attached hydrogens (tertiary/aromatic N) is 1. The summed E-state index contributed by atoms with van der Waals surface area (Å²) in [7, 11) is 2.15. The summed E-state index contributed by atoms with van der Waals surface area (Å²) in [5.74, 6) is 0. The Balaban J connectivity index is 1.84. The summed E-state index contributed by atoms with van der Waals surface area (Å²) >= 11 is 0. The molecule has 1 aliphatic rings. The largest absolute Gasteiger partial charge is 0.377 e. The topological polar surface area (TPSA) is 24.5 Å². The molecule has 3 heteroatoms. The van der Waals surface area contributed by atoms with E-state index >= 15 is 0 Å². The maximum absolute atomic E-state index is 5.49. The molecule has 0 heterocycles. The highest BCUT2D eigenvalue weighted by Gasteiger charge is 2.19. The Morgan fingerprint density at radius 1 is 1.36 bits per heavy atom. The minimum absolute atomic E-state index is 0.355. The standard InChI is InChI=1S/C11H24N2O/c1-10(2)14-9-8-13(3)7-6-12-11-4-5-11/h10-12H,4-9H2,1-3H3. The molecular weight excluding hydrogens is 176 g/mol. The fourth-order valence-corrected chi connectivity index (χ4v) is 1.30. The van der Waals surface area contributed by atoms with Crippen LogP contribution in [-0.4, -0.2) is 50.3 Å². The van der Waals surface area contributed by atoms with Crippen LogP contribution in [0.15, 0.2) is 0 Å². The van der Waals surface area contributed by atoms with Crippen molar-refractivity contribution in [1.82, 2.24) is 10.2 Å². The summed E-state index contributed by atoms with van der Waals surface area (Å²) in [6.07, 6.45) is 3.10. The lowest BCUT2D eigenvalue weighted by Crippen LogP contribution is -2.32. The number of hydrogen-bond acceptors (Lipinski definition) is 3. The van der Waals surface area contributed by atoms with Crippen molar-refractivity contribution in [2.45, 2.75) is 38.8 Å². The summed E-state index contributed by atoms with van der Waals surface area (Å²) in [5.41, 5.74) is 0. The first-order chi connectivity index (χ1) is 6.68. The van der Waals surface area contributed by atoms with Crippen LogP contribution in [0.25, 0.3) is 0 Å². The van der Waals surface area contributed by atoms with E-state index < -0.39 is 0 Å². The second kappa shape index (κ2) is 6.38. The first-order valence-corrected chi connectivity index (χ1v) is 5.72.